The predicted octanol–water partition coefficient (Wildman–Crippen LogP) is 6.54. The number of rotatable bonds is 6. The molecule has 0 spiro atoms. The van der Waals surface area contributed by atoms with Crippen molar-refractivity contribution in [3.63, 3.8) is 0 Å². The van der Waals surface area contributed by atoms with E-state index in [4.69, 9.17) is 14.6 Å². The molecular formula is C28H36IN3O4. The van der Waals surface area contributed by atoms with Gasteiger partial charge in [-0.2, -0.15) is 5.10 Å². The fourth-order valence-corrected chi connectivity index (χ4v) is 6.80. The van der Waals surface area contributed by atoms with Gasteiger partial charge in [0.15, 0.2) is 5.78 Å². The van der Waals surface area contributed by atoms with Crippen LogP contribution in [0.2, 0.25) is 0 Å². The van der Waals surface area contributed by atoms with Gasteiger partial charge in [-0.05, 0) is 124 Å². The highest BCUT2D eigenvalue weighted by molar-refractivity contribution is 14.1. The van der Waals surface area contributed by atoms with E-state index in [0.29, 0.717) is 11.8 Å². The molecule has 2 aromatic rings. The number of carbonyl (C=O) groups excluding carboxylic acids is 2. The van der Waals surface area contributed by atoms with Crippen molar-refractivity contribution in [3.8, 4) is 17.0 Å². The summed E-state index contributed by atoms with van der Waals surface area (Å²) in [6.45, 7) is 7.20. The molecule has 0 aliphatic heterocycles. The van der Waals surface area contributed by atoms with E-state index < -0.39 is 5.60 Å². The topological polar surface area (TPSA) is 82.5 Å². The van der Waals surface area contributed by atoms with Crippen molar-refractivity contribution in [2.24, 2.45) is 11.8 Å². The van der Waals surface area contributed by atoms with Gasteiger partial charge in [0.1, 0.15) is 22.7 Å². The molecule has 1 aromatic heterocycles. The van der Waals surface area contributed by atoms with E-state index in [0.717, 1.165) is 58.1 Å². The first-order valence-corrected chi connectivity index (χ1v) is 14.2. The van der Waals surface area contributed by atoms with Crippen LogP contribution in [-0.2, 0) is 4.74 Å². The number of benzene rings is 1. The van der Waals surface area contributed by atoms with Gasteiger partial charge in [0.05, 0.1) is 15.7 Å². The molecule has 8 heteroatoms. The highest BCUT2D eigenvalue weighted by Crippen LogP contribution is 2.52. The van der Waals surface area contributed by atoms with Crippen LogP contribution in [-0.4, -0.2) is 39.4 Å². The second-order valence-electron chi connectivity index (χ2n) is 11.7. The smallest absolute Gasteiger partial charge is 0.407 e. The quantitative estimate of drug-likeness (QED) is 0.299. The Morgan fingerprint density at radius 1 is 1.03 bits per heavy atom. The van der Waals surface area contributed by atoms with Crippen LogP contribution in [0.4, 0.5) is 4.79 Å². The molecule has 1 amide bonds. The zero-order chi connectivity index (χ0) is 25.6. The van der Waals surface area contributed by atoms with Gasteiger partial charge < -0.3 is 14.8 Å². The summed E-state index contributed by atoms with van der Waals surface area (Å²) in [7, 11) is 0. The molecule has 2 atom stereocenters. The van der Waals surface area contributed by atoms with Crippen LogP contribution in [0.5, 0.6) is 5.75 Å². The van der Waals surface area contributed by atoms with E-state index in [1.165, 1.54) is 19.3 Å². The molecule has 194 valence electrons. The Morgan fingerprint density at radius 3 is 2.25 bits per heavy atom. The Bertz CT molecular complexity index is 1120. The van der Waals surface area contributed by atoms with Crippen molar-refractivity contribution in [2.45, 2.75) is 96.4 Å². The number of halogens is 1. The van der Waals surface area contributed by atoms with E-state index in [1.807, 2.05) is 49.7 Å². The zero-order valence-corrected chi connectivity index (χ0v) is 23.7. The molecule has 0 saturated heterocycles. The fourth-order valence-electron chi connectivity index (χ4n) is 5.76. The number of ketones is 1. The van der Waals surface area contributed by atoms with E-state index >= 15 is 0 Å². The second-order valence-corrected chi connectivity index (χ2v) is 12.7. The lowest BCUT2D eigenvalue weighted by molar-refractivity contribution is 0.0487. The Labute approximate surface area is 226 Å². The van der Waals surface area contributed by atoms with Gasteiger partial charge in [-0.1, -0.05) is 0 Å². The van der Waals surface area contributed by atoms with Crippen LogP contribution in [0.25, 0.3) is 11.3 Å². The Balaban J connectivity index is 1.26. The number of nitrogens with one attached hydrogen (secondary N) is 1. The molecule has 3 fully saturated rings. The van der Waals surface area contributed by atoms with Gasteiger partial charge in [0.2, 0.25) is 0 Å². The minimum absolute atomic E-state index is 0.0203. The fraction of sp³-hybridized carbons (Fsp3) is 0.607. The zero-order valence-electron chi connectivity index (χ0n) is 21.6. The maximum Gasteiger partial charge on any atom is 0.407 e. The third-order valence-electron chi connectivity index (χ3n) is 7.58. The van der Waals surface area contributed by atoms with Crippen LogP contribution in [0.15, 0.2) is 24.3 Å². The van der Waals surface area contributed by atoms with Crippen LogP contribution in [0, 0.1) is 15.4 Å². The van der Waals surface area contributed by atoms with Crippen molar-refractivity contribution in [2.75, 3.05) is 0 Å². The highest BCUT2D eigenvalue weighted by atomic mass is 127. The lowest BCUT2D eigenvalue weighted by atomic mass is 9.91. The van der Waals surface area contributed by atoms with Crippen LogP contribution < -0.4 is 10.1 Å². The van der Waals surface area contributed by atoms with E-state index in [9.17, 15) is 9.59 Å². The minimum atomic E-state index is -0.513. The molecule has 3 aliphatic carbocycles. The number of ether oxygens (including phenoxy) is 2. The van der Waals surface area contributed by atoms with Crippen molar-refractivity contribution >= 4 is 34.5 Å². The minimum Gasteiger partial charge on any atom is -0.490 e. The molecule has 1 heterocycles. The van der Waals surface area contributed by atoms with Crippen molar-refractivity contribution in [1.29, 1.82) is 0 Å². The Morgan fingerprint density at radius 2 is 1.67 bits per heavy atom. The Hall–Kier alpha value is -2.10. The SMILES string of the molecule is CC(=O)c1c(I)c(-c2ccc(OC3CC4CC4C3)cc2)nn1C1CCC(NC(=O)OC(C)(C)C)CC1. The number of hydrogen-bond donors (Lipinski definition) is 1. The molecular weight excluding hydrogens is 569 g/mol. The molecule has 36 heavy (non-hydrogen) atoms. The lowest BCUT2D eigenvalue weighted by Gasteiger charge is -2.30. The molecule has 0 bridgehead atoms. The number of carbonyl (C=O) groups is 2. The third kappa shape index (κ3) is 5.73. The van der Waals surface area contributed by atoms with Crippen LogP contribution in [0.1, 0.15) is 89.2 Å². The average molecular weight is 606 g/mol. The molecule has 3 saturated carbocycles. The normalized spacial score (nSPS) is 27.3. The number of Topliss-reactive ketones (excluding diaryl/α,β-unsaturated/α-hetero) is 1. The monoisotopic (exact) mass is 605 g/mol. The van der Waals surface area contributed by atoms with Gasteiger partial charge in [-0.25, -0.2) is 4.79 Å². The van der Waals surface area contributed by atoms with Crippen LogP contribution >= 0.6 is 22.6 Å². The summed E-state index contributed by atoms with van der Waals surface area (Å²) in [6.07, 6.45) is 7.07. The second kappa shape index (κ2) is 9.99. The summed E-state index contributed by atoms with van der Waals surface area (Å²) >= 11 is 2.26. The maximum atomic E-state index is 12.6. The summed E-state index contributed by atoms with van der Waals surface area (Å²) in [5.41, 5.74) is 1.98. The first-order valence-electron chi connectivity index (χ1n) is 13.1. The first kappa shape index (κ1) is 25.5. The average Bonchev–Trinajstić information content (AvgIpc) is 3.25. The van der Waals surface area contributed by atoms with E-state index in [2.05, 4.69) is 27.9 Å². The number of fused-ring (bicyclic) bond motifs is 1. The molecule has 3 aliphatic rings. The molecule has 2 unspecified atom stereocenters. The van der Waals surface area contributed by atoms with Gasteiger partial charge in [-0.3, -0.25) is 9.48 Å². The number of amides is 1. The van der Waals surface area contributed by atoms with E-state index in [1.54, 1.807) is 6.92 Å². The molecule has 5 rings (SSSR count). The standard InChI is InChI=1S/C28H36IN3O4/c1-16(33)26-24(29)25(17-5-11-22(12-6-17)35-23-14-18-13-19(18)15-23)31-32(26)21-9-7-20(8-10-21)30-27(34)36-28(2,3)4/h5-6,11-12,18-21,23H,7-10,13-15H2,1-4H3,(H,30,34). The molecule has 7 nitrogen and oxygen atoms in total. The lowest BCUT2D eigenvalue weighted by Crippen LogP contribution is -2.41. The van der Waals surface area contributed by atoms with Gasteiger partial charge in [0, 0.05) is 18.5 Å². The number of aromatic nitrogens is 2. The summed E-state index contributed by atoms with van der Waals surface area (Å²) in [6, 6.07) is 8.34. The highest BCUT2D eigenvalue weighted by Gasteiger charge is 2.46. The van der Waals surface area contributed by atoms with E-state index in [-0.39, 0.29) is 24.0 Å². The Kier molecular flexibility index (Phi) is 7.09. The van der Waals surface area contributed by atoms with Crippen molar-refractivity contribution < 1.29 is 19.1 Å². The first-order chi connectivity index (χ1) is 17.1. The number of nitrogens with zero attached hydrogens (tertiary/aromatic N) is 2. The molecule has 1 aromatic carbocycles. The number of alkyl carbamates (subject to hydrolysis) is 1. The van der Waals surface area contributed by atoms with Gasteiger partial charge in [0.25, 0.3) is 0 Å². The number of hydrogen-bond acceptors (Lipinski definition) is 5. The predicted molar refractivity (Wildman–Crippen MR) is 146 cm³/mol. The summed E-state index contributed by atoms with van der Waals surface area (Å²) in [4.78, 5) is 24.8. The van der Waals surface area contributed by atoms with Crippen LogP contribution in [0.3, 0.4) is 0 Å². The molecule has 1 N–H and O–H groups in total. The summed E-state index contributed by atoms with van der Waals surface area (Å²) < 4.78 is 14.4. The maximum absolute atomic E-state index is 12.6. The molecule has 0 radical (unpaired) electrons. The summed E-state index contributed by atoms with van der Waals surface area (Å²) in [5.74, 6) is 2.72. The van der Waals surface area contributed by atoms with Crippen molar-refractivity contribution in [3.05, 3.63) is 33.5 Å². The van der Waals surface area contributed by atoms with Gasteiger partial charge >= 0.3 is 6.09 Å². The van der Waals surface area contributed by atoms with Gasteiger partial charge in [-0.15, -0.1) is 0 Å². The summed E-state index contributed by atoms with van der Waals surface area (Å²) in [5, 5.41) is 7.94. The largest absolute Gasteiger partial charge is 0.490 e. The van der Waals surface area contributed by atoms with Crippen molar-refractivity contribution in [1.82, 2.24) is 15.1 Å². The third-order valence-corrected chi connectivity index (χ3v) is 8.60.